The molecule has 0 radical (unpaired) electrons. The molecule has 2 atom stereocenters. The van der Waals surface area contributed by atoms with Gasteiger partial charge >= 0.3 is 0 Å². The summed E-state index contributed by atoms with van der Waals surface area (Å²) in [5.41, 5.74) is 2.05. The lowest BCUT2D eigenvalue weighted by atomic mass is 10.0. The standard InChI is InChI=1S/C13H18N4O/c1-9-7-10(4-6-18-9)16-13-12-11(3-5-14-13)17(2)8-15-12/h3,5,8-10H,4,6-7H2,1-2H3,(H,14,16). The summed E-state index contributed by atoms with van der Waals surface area (Å²) < 4.78 is 7.57. The first-order valence-corrected chi connectivity index (χ1v) is 6.38. The second kappa shape index (κ2) is 4.57. The number of imidazole rings is 1. The molecule has 5 heteroatoms. The van der Waals surface area contributed by atoms with E-state index in [0.29, 0.717) is 12.1 Å². The number of hydrogen-bond acceptors (Lipinski definition) is 4. The van der Waals surface area contributed by atoms with E-state index in [4.69, 9.17) is 4.74 Å². The Balaban J connectivity index is 1.86. The van der Waals surface area contributed by atoms with E-state index in [2.05, 4.69) is 22.2 Å². The highest BCUT2D eigenvalue weighted by atomic mass is 16.5. The maximum atomic E-state index is 5.56. The molecular weight excluding hydrogens is 228 g/mol. The van der Waals surface area contributed by atoms with Gasteiger partial charge in [0.2, 0.25) is 0 Å². The van der Waals surface area contributed by atoms with Gasteiger partial charge in [-0.05, 0) is 25.8 Å². The van der Waals surface area contributed by atoms with Crippen LogP contribution in [-0.2, 0) is 11.8 Å². The van der Waals surface area contributed by atoms with Gasteiger partial charge in [0.15, 0.2) is 5.82 Å². The Morgan fingerprint density at radius 2 is 2.33 bits per heavy atom. The topological polar surface area (TPSA) is 52.0 Å². The molecule has 1 N–H and O–H groups in total. The van der Waals surface area contributed by atoms with E-state index in [0.717, 1.165) is 36.3 Å². The van der Waals surface area contributed by atoms with Gasteiger partial charge in [0.25, 0.3) is 0 Å². The van der Waals surface area contributed by atoms with Crippen LogP contribution >= 0.6 is 0 Å². The van der Waals surface area contributed by atoms with Crippen LogP contribution in [0.3, 0.4) is 0 Å². The van der Waals surface area contributed by atoms with Gasteiger partial charge in [0.1, 0.15) is 5.52 Å². The third kappa shape index (κ3) is 2.06. The number of rotatable bonds is 2. The van der Waals surface area contributed by atoms with Gasteiger partial charge in [-0.15, -0.1) is 0 Å². The molecule has 1 saturated heterocycles. The van der Waals surface area contributed by atoms with Crippen molar-refractivity contribution in [2.45, 2.75) is 31.9 Å². The van der Waals surface area contributed by atoms with Crippen molar-refractivity contribution in [1.29, 1.82) is 0 Å². The Morgan fingerprint density at radius 3 is 3.17 bits per heavy atom. The summed E-state index contributed by atoms with van der Waals surface area (Å²) in [5.74, 6) is 0.882. The summed E-state index contributed by atoms with van der Waals surface area (Å²) in [6.45, 7) is 2.93. The van der Waals surface area contributed by atoms with Crippen molar-refractivity contribution in [1.82, 2.24) is 14.5 Å². The van der Waals surface area contributed by atoms with Crippen LogP contribution in [0, 0.1) is 0 Å². The second-order valence-electron chi connectivity index (χ2n) is 4.93. The normalized spacial score (nSPS) is 24.3. The number of anilines is 1. The minimum atomic E-state index is 0.319. The van der Waals surface area contributed by atoms with Crippen molar-refractivity contribution in [2.24, 2.45) is 7.05 Å². The number of fused-ring (bicyclic) bond motifs is 1. The molecule has 1 aliphatic heterocycles. The van der Waals surface area contributed by atoms with Gasteiger partial charge in [-0.2, -0.15) is 0 Å². The van der Waals surface area contributed by atoms with Gasteiger partial charge in [-0.1, -0.05) is 0 Å². The molecule has 5 nitrogen and oxygen atoms in total. The Bertz CT molecular complexity index is 551. The first kappa shape index (κ1) is 11.5. The Labute approximate surface area is 106 Å². The van der Waals surface area contributed by atoms with E-state index in [1.807, 2.05) is 30.2 Å². The van der Waals surface area contributed by atoms with E-state index in [1.165, 1.54) is 0 Å². The van der Waals surface area contributed by atoms with E-state index >= 15 is 0 Å². The van der Waals surface area contributed by atoms with E-state index in [9.17, 15) is 0 Å². The maximum Gasteiger partial charge on any atom is 0.154 e. The van der Waals surface area contributed by atoms with Crippen molar-refractivity contribution < 1.29 is 4.74 Å². The Hall–Kier alpha value is -1.62. The van der Waals surface area contributed by atoms with Crippen molar-refractivity contribution in [3.8, 4) is 0 Å². The number of nitrogens with zero attached hydrogens (tertiary/aromatic N) is 3. The average Bonchev–Trinajstić information content (AvgIpc) is 2.73. The molecule has 0 aliphatic carbocycles. The summed E-state index contributed by atoms with van der Waals surface area (Å²) in [4.78, 5) is 8.82. The lowest BCUT2D eigenvalue weighted by Crippen LogP contribution is -2.32. The number of hydrogen-bond donors (Lipinski definition) is 1. The summed E-state index contributed by atoms with van der Waals surface area (Å²) >= 11 is 0. The molecule has 0 spiro atoms. The molecule has 18 heavy (non-hydrogen) atoms. The van der Waals surface area contributed by atoms with Gasteiger partial charge in [0, 0.05) is 25.9 Å². The first-order chi connectivity index (χ1) is 8.74. The van der Waals surface area contributed by atoms with Gasteiger partial charge < -0.3 is 14.6 Å². The Kier molecular flexibility index (Phi) is 2.91. The molecule has 0 amide bonds. The van der Waals surface area contributed by atoms with Crippen molar-refractivity contribution in [2.75, 3.05) is 11.9 Å². The fourth-order valence-electron chi connectivity index (χ4n) is 2.49. The van der Waals surface area contributed by atoms with Gasteiger partial charge in [0.05, 0.1) is 17.9 Å². The number of aryl methyl sites for hydroxylation is 1. The van der Waals surface area contributed by atoms with E-state index in [1.54, 1.807) is 0 Å². The third-order valence-corrected chi connectivity index (χ3v) is 3.47. The lowest BCUT2D eigenvalue weighted by Gasteiger charge is -2.28. The zero-order valence-corrected chi connectivity index (χ0v) is 10.8. The van der Waals surface area contributed by atoms with Crippen molar-refractivity contribution in [3.63, 3.8) is 0 Å². The van der Waals surface area contributed by atoms with Crippen molar-refractivity contribution >= 4 is 16.9 Å². The number of aromatic nitrogens is 3. The quantitative estimate of drug-likeness (QED) is 0.880. The summed E-state index contributed by atoms with van der Waals surface area (Å²) in [7, 11) is 2.00. The smallest absolute Gasteiger partial charge is 0.154 e. The summed E-state index contributed by atoms with van der Waals surface area (Å²) in [5, 5.41) is 3.50. The van der Waals surface area contributed by atoms with Crippen LogP contribution in [0.25, 0.3) is 11.0 Å². The molecule has 3 rings (SSSR count). The molecule has 1 fully saturated rings. The highest BCUT2D eigenvalue weighted by Gasteiger charge is 2.20. The minimum absolute atomic E-state index is 0.319. The molecule has 0 saturated carbocycles. The predicted molar refractivity (Wildman–Crippen MR) is 70.6 cm³/mol. The van der Waals surface area contributed by atoms with Gasteiger partial charge in [-0.25, -0.2) is 9.97 Å². The zero-order chi connectivity index (χ0) is 12.5. The molecule has 2 aromatic heterocycles. The maximum absolute atomic E-state index is 5.56. The lowest BCUT2D eigenvalue weighted by molar-refractivity contribution is 0.0232. The van der Waals surface area contributed by atoms with Crippen LogP contribution in [0.5, 0.6) is 0 Å². The SMILES string of the molecule is CC1CC(Nc2nccc3c2ncn3C)CCO1. The fourth-order valence-corrected chi connectivity index (χ4v) is 2.49. The van der Waals surface area contributed by atoms with Crippen LogP contribution in [0.1, 0.15) is 19.8 Å². The Morgan fingerprint density at radius 1 is 1.44 bits per heavy atom. The number of pyridine rings is 1. The van der Waals surface area contributed by atoms with E-state index < -0.39 is 0 Å². The summed E-state index contributed by atoms with van der Waals surface area (Å²) in [6, 6.07) is 2.41. The molecule has 0 bridgehead atoms. The fraction of sp³-hybridized carbons (Fsp3) is 0.538. The molecule has 3 heterocycles. The molecular formula is C13H18N4O. The largest absolute Gasteiger partial charge is 0.378 e. The zero-order valence-electron chi connectivity index (χ0n) is 10.8. The summed E-state index contributed by atoms with van der Waals surface area (Å²) in [6.07, 6.45) is 6.01. The van der Waals surface area contributed by atoms with E-state index in [-0.39, 0.29) is 0 Å². The molecule has 2 unspecified atom stereocenters. The van der Waals surface area contributed by atoms with Gasteiger partial charge in [-0.3, -0.25) is 0 Å². The van der Waals surface area contributed by atoms with Crippen molar-refractivity contribution in [3.05, 3.63) is 18.6 Å². The number of ether oxygens (including phenoxy) is 1. The first-order valence-electron chi connectivity index (χ1n) is 6.38. The minimum Gasteiger partial charge on any atom is -0.378 e. The highest BCUT2D eigenvalue weighted by Crippen LogP contribution is 2.22. The van der Waals surface area contributed by atoms with Crippen LogP contribution < -0.4 is 5.32 Å². The average molecular weight is 246 g/mol. The van der Waals surface area contributed by atoms with Crippen LogP contribution in [0.4, 0.5) is 5.82 Å². The molecule has 0 aromatic carbocycles. The van der Waals surface area contributed by atoms with Crippen LogP contribution in [0.2, 0.25) is 0 Å². The molecule has 2 aromatic rings. The molecule has 1 aliphatic rings. The second-order valence-corrected chi connectivity index (χ2v) is 4.93. The predicted octanol–water partition coefficient (Wildman–Crippen LogP) is 1.95. The molecule has 96 valence electrons. The monoisotopic (exact) mass is 246 g/mol. The van der Waals surface area contributed by atoms with Crippen LogP contribution in [-0.4, -0.2) is 33.3 Å². The number of nitrogens with one attached hydrogen (secondary N) is 1. The van der Waals surface area contributed by atoms with Crippen LogP contribution in [0.15, 0.2) is 18.6 Å². The highest BCUT2D eigenvalue weighted by molar-refractivity contribution is 5.85. The third-order valence-electron chi connectivity index (χ3n) is 3.47.